The van der Waals surface area contributed by atoms with Crippen LogP contribution in [-0.2, 0) is 0 Å². The molecule has 90 valence electrons. The maximum Gasteiger partial charge on any atom is 0.124 e. The van der Waals surface area contributed by atoms with Crippen LogP contribution in [0.4, 0.5) is 0 Å². The second-order valence-corrected chi connectivity index (χ2v) is 5.34. The van der Waals surface area contributed by atoms with Crippen LogP contribution in [0.25, 0.3) is 0 Å². The fraction of sp³-hybridized carbons (Fsp3) is 0.571. The zero-order valence-corrected chi connectivity index (χ0v) is 10.8. The van der Waals surface area contributed by atoms with Crippen molar-refractivity contribution in [3.8, 4) is 5.75 Å². The summed E-state index contributed by atoms with van der Waals surface area (Å²) in [5, 5.41) is 0. The van der Waals surface area contributed by atoms with Crippen molar-refractivity contribution in [1.29, 1.82) is 0 Å². The average Bonchev–Trinajstić information content (AvgIpc) is 2.16. The maximum absolute atomic E-state index is 6.23. The normalized spacial score (nSPS) is 13.6. The number of nitrogens with two attached hydrogens (primary N) is 1. The maximum atomic E-state index is 6.23. The van der Waals surface area contributed by atoms with Gasteiger partial charge in [-0.1, -0.05) is 39.0 Å². The van der Waals surface area contributed by atoms with Gasteiger partial charge in [0.1, 0.15) is 5.75 Å². The van der Waals surface area contributed by atoms with E-state index in [1.54, 1.807) is 0 Å². The van der Waals surface area contributed by atoms with E-state index < -0.39 is 0 Å². The Morgan fingerprint density at radius 1 is 1.25 bits per heavy atom. The van der Waals surface area contributed by atoms with Gasteiger partial charge >= 0.3 is 0 Å². The van der Waals surface area contributed by atoms with Gasteiger partial charge in [-0.05, 0) is 24.8 Å². The Hall–Kier alpha value is -1.02. The monoisotopic (exact) mass is 221 g/mol. The molecule has 0 aliphatic carbocycles. The number of rotatable bonds is 4. The zero-order valence-electron chi connectivity index (χ0n) is 10.8. The molecule has 0 aromatic heterocycles. The third kappa shape index (κ3) is 3.86. The van der Waals surface area contributed by atoms with Crippen molar-refractivity contribution in [2.75, 3.05) is 6.61 Å². The molecule has 0 saturated heterocycles. The van der Waals surface area contributed by atoms with Crippen LogP contribution in [0.2, 0.25) is 0 Å². The molecule has 1 atom stereocenters. The van der Waals surface area contributed by atoms with E-state index in [1.165, 1.54) is 0 Å². The highest BCUT2D eigenvalue weighted by atomic mass is 16.5. The third-order valence-electron chi connectivity index (χ3n) is 2.45. The SMILES string of the molecule is CCOc1ccccc1C(N)CC(C)(C)C. The van der Waals surface area contributed by atoms with Crippen LogP contribution in [-0.4, -0.2) is 6.61 Å². The van der Waals surface area contributed by atoms with Crippen molar-refractivity contribution in [3.05, 3.63) is 29.8 Å². The van der Waals surface area contributed by atoms with E-state index in [2.05, 4.69) is 26.8 Å². The van der Waals surface area contributed by atoms with Crippen LogP contribution in [0, 0.1) is 5.41 Å². The van der Waals surface area contributed by atoms with Gasteiger partial charge in [-0.15, -0.1) is 0 Å². The summed E-state index contributed by atoms with van der Waals surface area (Å²) in [6.45, 7) is 9.29. The molecule has 1 aromatic rings. The largest absolute Gasteiger partial charge is 0.494 e. The number of ether oxygens (including phenoxy) is 1. The van der Waals surface area contributed by atoms with Gasteiger partial charge in [0.2, 0.25) is 0 Å². The highest BCUT2D eigenvalue weighted by Crippen LogP contribution is 2.32. The molecular weight excluding hydrogens is 198 g/mol. The van der Waals surface area contributed by atoms with Crippen LogP contribution in [0.3, 0.4) is 0 Å². The second kappa shape index (κ2) is 5.35. The number of para-hydroxylation sites is 1. The molecule has 0 aliphatic rings. The van der Waals surface area contributed by atoms with E-state index in [4.69, 9.17) is 10.5 Å². The van der Waals surface area contributed by atoms with E-state index in [0.29, 0.717) is 6.61 Å². The zero-order chi connectivity index (χ0) is 12.2. The lowest BCUT2D eigenvalue weighted by atomic mass is 9.85. The summed E-state index contributed by atoms with van der Waals surface area (Å²) in [6.07, 6.45) is 0.955. The molecule has 0 radical (unpaired) electrons. The molecule has 0 amide bonds. The fourth-order valence-electron chi connectivity index (χ4n) is 1.84. The van der Waals surface area contributed by atoms with Crippen LogP contribution in [0.5, 0.6) is 5.75 Å². The van der Waals surface area contributed by atoms with Crippen LogP contribution >= 0.6 is 0 Å². The molecule has 1 unspecified atom stereocenters. The Morgan fingerprint density at radius 3 is 2.44 bits per heavy atom. The smallest absolute Gasteiger partial charge is 0.124 e. The van der Waals surface area contributed by atoms with E-state index >= 15 is 0 Å². The molecule has 2 nitrogen and oxygen atoms in total. The molecular formula is C14H23NO. The fourth-order valence-corrected chi connectivity index (χ4v) is 1.84. The van der Waals surface area contributed by atoms with E-state index in [0.717, 1.165) is 17.7 Å². The van der Waals surface area contributed by atoms with Crippen LogP contribution < -0.4 is 10.5 Å². The minimum Gasteiger partial charge on any atom is -0.494 e. The summed E-state index contributed by atoms with van der Waals surface area (Å²) in [5.74, 6) is 0.918. The van der Waals surface area contributed by atoms with E-state index in [9.17, 15) is 0 Å². The lowest BCUT2D eigenvalue weighted by Gasteiger charge is -2.24. The number of hydrogen-bond acceptors (Lipinski definition) is 2. The summed E-state index contributed by atoms with van der Waals surface area (Å²) in [4.78, 5) is 0. The highest BCUT2D eigenvalue weighted by molar-refractivity contribution is 5.35. The third-order valence-corrected chi connectivity index (χ3v) is 2.45. The predicted molar refractivity (Wildman–Crippen MR) is 68.6 cm³/mol. The second-order valence-electron chi connectivity index (χ2n) is 5.34. The standard InChI is InChI=1S/C14H23NO/c1-5-16-13-9-7-6-8-11(13)12(15)10-14(2,3)4/h6-9,12H,5,10,15H2,1-4H3. The highest BCUT2D eigenvalue weighted by Gasteiger charge is 2.19. The lowest BCUT2D eigenvalue weighted by Crippen LogP contribution is -2.19. The lowest BCUT2D eigenvalue weighted by molar-refractivity contribution is 0.316. The topological polar surface area (TPSA) is 35.2 Å². The van der Waals surface area contributed by atoms with Crippen molar-refractivity contribution in [2.24, 2.45) is 11.1 Å². The first-order valence-electron chi connectivity index (χ1n) is 5.91. The van der Waals surface area contributed by atoms with Gasteiger partial charge in [0.05, 0.1) is 6.61 Å². The molecule has 0 aliphatic heterocycles. The van der Waals surface area contributed by atoms with Gasteiger partial charge in [0.15, 0.2) is 0 Å². The van der Waals surface area contributed by atoms with Crippen molar-refractivity contribution in [3.63, 3.8) is 0 Å². The van der Waals surface area contributed by atoms with Gasteiger partial charge in [0.25, 0.3) is 0 Å². The average molecular weight is 221 g/mol. The van der Waals surface area contributed by atoms with Gasteiger partial charge in [-0.2, -0.15) is 0 Å². The van der Waals surface area contributed by atoms with Crippen LogP contribution in [0.15, 0.2) is 24.3 Å². The Balaban J connectivity index is 2.85. The molecule has 0 heterocycles. The van der Waals surface area contributed by atoms with Crippen molar-refractivity contribution in [2.45, 2.75) is 40.2 Å². The molecule has 0 fully saturated rings. The Labute approximate surface area is 98.8 Å². The van der Waals surface area contributed by atoms with Gasteiger partial charge in [-0.25, -0.2) is 0 Å². The van der Waals surface area contributed by atoms with Crippen molar-refractivity contribution < 1.29 is 4.74 Å². The minimum absolute atomic E-state index is 0.0442. The van der Waals surface area contributed by atoms with Crippen molar-refractivity contribution in [1.82, 2.24) is 0 Å². The first kappa shape index (κ1) is 13.0. The van der Waals surface area contributed by atoms with Gasteiger partial charge < -0.3 is 10.5 Å². The predicted octanol–water partition coefficient (Wildman–Crippen LogP) is 3.52. The first-order valence-corrected chi connectivity index (χ1v) is 5.91. The number of benzene rings is 1. The summed E-state index contributed by atoms with van der Waals surface area (Å²) in [6, 6.07) is 8.09. The summed E-state index contributed by atoms with van der Waals surface area (Å²) >= 11 is 0. The first-order chi connectivity index (χ1) is 7.44. The van der Waals surface area contributed by atoms with E-state index in [1.807, 2.05) is 25.1 Å². The summed E-state index contributed by atoms with van der Waals surface area (Å²) in [7, 11) is 0. The molecule has 2 N–H and O–H groups in total. The van der Waals surface area contributed by atoms with Gasteiger partial charge in [0, 0.05) is 11.6 Å². The molecule has 0 spiro atoms. The molecule has 1 rings (SSSR count). The minimum atomic E-state index is 0.0442. The Kier molecular flexibility index (Phi) is 4.36. The summed E-state index contributed by atoms with van der Waals surface area (Å²) in [5.41, 5.74) is 7.58. The quantitative estimate of drug-likeness (QED) is 0.844. The van der Waals surface area contributed by atoms with E-state index in [-0.39, 0.29) is 11.5 Å². The van der Waals surface area contributed by atoms with Crippen molar-refractivity contribution >= 4 is 0 Å². The Morgan fingerprint density at radius 2 is 1.88 bits per heavy atom. The Bertz CT molecular complexity index is 328. The van der Waals surface area contributed by atoms with Crippen LogP contribution in [0.1, 0.15) is 45.7 Å². The number of hydrogen-bond donors (Lipinski definition) is 1. The molecule has 2 heteroatoms. The molecule has 16 heavy (non-hydrogen) atoms. The summed E-state index contributed by atoms with van der Waals surface area (Å²) < 4.78 is 5.59. The molecule has 0 bridgehead atoms. The molecule has 0 saturated carbocycles. The molecule has 1 aromatic carbocycles. The van der Waals surface area contributed by atoms with Gasteiger partial charge in [-0.3, -0.25) is 0 Å².